The average molecular weight is 674 g/mol. The van der Waals surface area contributed by atoms with E-state index in [1.54, 1.807) is 42.5 Å². The molecule has 4 heterocycles. The van der Waals surface area contributed by atoms with Gasteiger partial charge in [-0.3, -0.25) is 9.13 Å². The van der Waals surface area contributed by atoms with E-state index in [2.05, 4.69) is 0 Å². The van der Waals surface area contributed by atoms with Crippen molar-refractivity contribution in [2.75, 3.05) is 0 Å². The molecule has 0 amide bonds. The third kappa shape index (κ3) is 4.20. The van der Waals surface area contributed by atoms with Gasteiger partial charge in [0, 0.05) is 37.9 Å². The lowest BCUT2D eigenvalue weighted by molar-refractivity contribution is 0.669. The fraction of sp³-hybridized carbons (Fsp3) is 0. The van der Waals surface area contributed by atoms with Gasteiger partial charge < -0.3 is 4.42 Å². The Labute approximate surface area is 319 Å². The normalized spacial score (nSPS) is 17.4. The Morgan fingerprint density at radius 1 is 0.431 bits per heavy atom. The molecule has 0 bridgehead atoms. The number of rotatable bonds is 4. The van der Waals surface area contributed by atoms with Crippen LogP contribution in [-0.2, 0) is 0 Å². The summed E-state index contributed by atoms with van der Waals surface area (Å²) in [6.07, 6.45) is 0. The predicted octanol–water partition coefficient (Wildman–Crippen LogP) is 11.3. The van der Waals surface area contributed by atoms with Crippen molar-refractivity contribution in [2.24, 2.45) is 0 Å². The summed E-state index contributed by atoms with van der Waals surface area (Å²) < 4.78 is 186. The zero-order valence-corrected chi connectivity index (χ0v) is 25.7. The highest BCUT2D eigenvalue weighted by atomic mass is 16.3. The zero-order chi connectivity index (χ0) is 50.9. The number of hydrogen-bond acceptors (Lipinski definition) is 4. The molecular formula is C45H27N5O. The van der Waals surface area contributed by atoms with E-state index in [9.17, 15) is 8.22 Å². The van der Waals surface area contributed by atoms with Crippen molar-refractivity contribution in [3.8, 4) is 34.4 Å². The standard InChI is InChI=1S/C45H27N5O/c1-2-12-28(13-3-1)29-22-24-34-33-16-6-10-20-39(33)50(40(34)27-29)45-47-43(30-23-25-42-36(26-30)35-17-7-11-21-41(35)51-42)46-44(48-45)49-37-18-8-4-14-31(37)32-15-5-9-19-38(32)49/h1-27H/i1D,2D,3D,4D,5D,6D,8D,9D,10D,12D,13D,14D,15D,16D,18D,19D,20D,22D,24D,27D. The molecule has 6 heteroatoms. The maximum atomic E-state index is 9.81. The van der Waals surface area contributed by atoms with Crippen molar-refractivity contribution in [3.05, 3.63) is 163 Å². The largest absolute Gasteiger partial charge is 0.456 e. The van der Waals surface area contributed by atoms with E-state index in [0.29, 0.717) is 21.9 Å². The van der Waals surface area contributed by atoms with Crippen LogP contribution >= 0.6 is 0 Å². The summed E-state index contributed by atoms with van der Waals surface area (Å²) >= 11 is 0. The molecule has 0 spiro atoms. The van der Waals surface area contributed by atoms with E-state index in [0.717, 1.165) is 9.13 Å². The van der Waals surface area contributed by atoms with Gasteiger partial charge in [0.2, 0.25) is 11.9 Å². The van der Waals surface area contributed by atoms with Crippen molar-refractivity contribution in [2.45, 2.75) is 0 Å². The Kier molecular flexibility index (Phi) is 3.12. The summed E-state index contributed by atoms with van der Waals surface area (Å²) in [7, 11) is 0. The number of furan rings is 1. The topological polar surface area (TPSA) is 61.7 Å². The minimum Gasteiger partial charge on any atom is -0.456 e. The van der Waals surface area contributed by atoms with Gasteiger partial charge in [-0.05, 0) is 59.6 Å². The molecule has 0 N–H and O–H groups in total. The van der Waals surface area contributed by atoms with Gasteiger partial charge in [0.15, 0.2) is 5.82 Å². The lowest BCUT2D eigenvalue weighted by Gasteiger charge is -2.13. The molecule has 0 saturated carbocycles. The highest BCUT2D eigenvalue weighted by Gasteiger charge is 2.21. The first-order valence-corrected chi connectivity index (χ1v) is 15.4. The van der Waals surface area contributed by atoms with Crippen LogP contribution in [0.2, 0.25) is 0 Å². The zero-order valence-electron chi connectivity index (χ0n) is 45.7. The summed E-state index contributed by atoms with van der Waals surface area (Å²) in [5, 5.41) is -0.186. The molecule has 0 unspecified atom stereocenters. The molecule has 11 rings (SSSR count). The van der Waals surface area contributed by atoms with Gasteiger partial charge in [-0.15, -0.1) is 0 Å². The molecule has 7 aromatic carbocycles. The molecule has 11 aromatic rings. The lowest BCUT2D eigenvalue weighted by atomic mass is 10.0. The number of hydrogen-bond donors (Lipinski definition) is 0. The highest BCUT2D eigenvalue weighted by molar-refractivity contribution is 6.11. The first-order valence-electron chi connectivity index (χ1n) is 25.4. The van der Waals surface area contributed by atoms with Crippen LogP contribution in [0.4, 0.5) is 0 Å². The van der Waals surface area contributed by atoms with Crippen LogP contribution in [-0.4, -0.2) is 24.1 Å². The fourth-order valence-electron chi connectivity index (χ4n) is 6.38. The molecule has 6 nitrogen and oxygen atoms in total. The monoisotopic (exact) mass is 673 g/mol. The fourth-order valence-corrected chi connectivity index (χ4v) is 6.38. The Balaban J connectivity index is 1.39. The third-order valence-electron chi connectivity index (χ3n) is 8.59. The molecule has 0 fully saturated rings. The van der Waals surface area contributed by atoms with Crippen LogP contribution in [0.1, 0.15) is 27.4 Å². The number of benzene rings is 7. The minimum absolute atomic E-state index is 0.224. The quantitative estimate of drug-likeness (QED) is 0.187. The summed E-state index contributed by atoms with van der Waals surface area (Å²) in [6.45, 7) is 0. The molecular weight excluding hydrogens is 627 g/mol. The molecule has 0 aliphatic carbocycles. The summed E-state index contributed by atoms with van der Waals surface area (Å²) in [4.78, 5) is 14.4. The molecule has 238 valence electrons. The van der Waals surface area contributed by atoms with Gasteiger partial charge in [0.25, 0.3) is 0 Å². The van der Waals surface area contributed by atoms with Crippen molar-refractivity contribution in [1.29, 1.82) is 0 Å². The Bertz CT molecular complexity index is 4210. The van der Waals surface area contributed by atoms with Crippen molar-refractivity contribution < 1.29 is 31.8 Å². The smallest absolute Gasteiger partial charge is 0.240 e. The SMILES string of the molecule is [2H]c1c([2H])c([2H])c(-c2c([2H])c([2H])c3c4c([2H])c([2H])c([2H])c([2H])c4n(-c4nc(-c5ccc6oc7ccccc7c6c5)nc(-n5c6c([2H])c([2H])c([2H])c([2H])c6c6c([2H])c([2H])c([2H])c([2H])c65)n4)c3c2[2H])c([2H])c1[2H]. The van der Waals surface area contributed by atoms with E-state index in [4.69, 9.17) is 38.6 Å². The molecule has 0 saturated heterocycles. The number of fused-ring (bicyclic) bond motifs is 9. The van der Waals surface area contributed by atoms with Crippen LogP contribution in [0.15, 0.2) is 168 Å². The molecule has 0 aliphatic heterocycles. The Morgan fingerprint density at radius 3 is 1.69 bits per heavy atom. The molecule has 51 heavy (non-hydrogen) atoms. The molecule has 0 radical (unpaired) electrons. The van der Waals surface area contributed by atoms with Gasteiger partial charge in [-0.2, -0.15) is 15.0 Å². The first kappa shape index (κ1) is 14.8. The van der Waals surface area contributed by atoms with E-state index in [-0.39, 0.29) is 27.5 Å². The van der Waals surface area contributed by atoms with Gasteiger partial charge in [-0.25, -0.2) is 0 Å². The lowest BCUT2D eigenvalue weighted by Crippen LogP contribution is -2.10. The van der Waals surface area contributed by atoms with E-state index < -0.39 is 171 Å². The maximum Gasteiger partial charge on any atom is 0.240 e. The van der Waals surface area contributed by atoms with Crippen LogP contribution in [0.3, 0.4) is 0 Å². The van der Waals surface area contributed by atoms with Crippen LogP contribution in [0, 0.1) is 0 Å². The number of nitrogens with zero attached hydrogens (tertiary/aromatic N) is 5. The summed E-state index contributed by atoms with van der Waals surface area (Å²) in [6, 6.07) is -3.14. The molecule has 0 atom stereocenters. The number of aromatic nitrogens is 5. The minimum atomic E-state index is -0.823. The van der Waals surface area contributed by atoms with E-state index in [1.165, 1.54) is 0 Å². The van der Waals surface area contributed by atoms with Crippen LogP contribution < -0.4 is 0 Å². The van der Waals surface area contributed by atoms with Crippen LogP contribution in [0.25, 0.3) is 100.0 Å². The van der Waals surface area contributed by atoms with Gasteiger partial charge in [-0.1, -0.05) is 115 Å². The van der Waals surface area contributed by atoms with E-state index >= 15 is 0 Å². The van der Waals surface area contributed by atoms with Crippen molar-refractivity contribution in [3.63, 3.8) is 0 Å². The van der Waals surface area contributed by atoms with Crippen molar-refractivity contribution in [1.82, 2.24) is 24.1 Å². The van der Waals surface area contributed by atoms with Gasteiger partial charge in [0.1, 0.15) is 11.2 Å². The first-order chi connectivity index (χ1) is 33.6. The summed E-state index contributed by atoms with van der Waals surface area (Å²) in [5.74, 6) is -1.40. The Morgan fingerprint density at radius 2 is 1.00 bits per heavy atom. The van der Waals surface area contributed by atoms with E-state index in [1.807, 2.05) is 0 Å². The van der Waals surface area contributed by atoms with Crippen LogP contribution in [0.5, 0.6) is 0 Å². The Hall–Kier alpha value is -7.05. The average Bonchev–Trinajstić information content (AvgIpc) is 4.05. The number of para-hydroxylation sites is 4. The van der Waals surface area contributed by atoms with Gasteiger partial charge >= 0.3 is 0 Å². The molecule has 4 aromatic heterocycles. The highest BCUT2D eigenvalue weighted by Crippen LogP contribution is 2.37. The second-order valence-corrected chi connectivity index (χ2v) is 11.4. The predicted molar refractivity (Wildman–Crippen MR) is 207 cm³/mol. The van der Waals surface area contributed by atoms with Crippen molar-refractivity contribution >= 4 is 65.6 Å². The second-order valence-electron chi connectivity index (χ2n) is 11.4. The van der Waals surface area contributed by atoms with Gasteiger partial charge in [0.05, 0.1) is 49.5 Å². The third-order valence-corrected chi connectivity index (χ3v) is 8.59. The second kappa shape index (κ2) is 10.7. The molecule has 0 aliphatic rings. The maximum absolute atomic E-state index is 9.81. The summed E-state index contributed by atoms with van der Waals surface area (Å²) in [5.41, 5.74) is -1.79.